The predicted molar refractivity (Wildman–Crippen MR) is 117 cm³/mol. The summed E-state index contributed by atoms with van der Waals surface area (Å²) in [6.07, 6.45) is 1.47. The first-order valence-corrected chi connectivity index (χ1v) is 10.1. The third-order valence-electron chi connectivity index (χ3n) is 5.01. The van der Waals surface area contributed by atoms with Gasteiger partial charge in [0.05, 0.1) is 17.9 Å². The maximum absolute atomic E-state index is 12.3. The zero-order chi connectivity index (χ0) is 22.5. The molecule has 0 aliphatic carbocycles. The van der Waals surface area contributed by atoms with Gasteiger partial charge in [0.15, 0.2) is 12.3 Å². The Kier molecular flexibility index (Phi) is 6.69. The van der Waals surface area contributed by atoms with Crippen LogP contribution in [0.3, 0.4) is 0 Å². The Balaban J connectivity index is 1.55. The largest absolute Gasteiger partial charge is 0.484 e. The van der Waals surface area contributed by atoms with Gasteiger partial charge in [-0.3, -0.25) is 9.59 Å². The molecule has 0 radical (unpaired) electrons. The number of rotatable bonds is 8. The van der Waals surface area contributed by atoms with Crippen LogP contribution in [0.1, 0.15) is 59.9 Å². The van der Waals surface area contributed by atoms with Gasteiger partial charge in [-0.1, -0.05) is 37.3 Å². The van der Waals surface area contributed by atoms with Crippen molar-refractivity contribution < 1.29 is 14.3 Å². The highest BCUT2D eigenvalue weighted by atomic mass is 16.5. The molecule has 0 unspecified atom stereocenters. The molecule has 1 atom stereocenters. The third kappa shape index (κ3) is 5.48. The van der Waals surface area contributed by atoms with Crippen molar-refractivity contribution in [3.8, 4) is 11.4 Å². The van der Waals surface area contributed by atoms with Crippen molar-refractivity contribution in [3.63, 3.8) is 0 Å². The summed E-state index contributed by atoms with van der Waals surface area (Å²) in [7, 11) is 0. The Labute approximate surface area is 181 Å². The van der Waals surface area contributed by atoms with Gasteiger partial charge in [0.2, 0.25) is 0 Å². The standard InChI is InChI=1S/C23H27N5O3/c1-14(2)20-10-9-19(11-15(20)3)31-13-22(29)25-16(4)17-5-7-18(8-6-17)28-12-21(23(24)30)26-27-28/h5-12,14,16H,13H2,1-4H3,(H2,24,30)(H,25,29)/t16-/m1/s1. The predicted octanol–water partition coefficient (Wildman–Crippen LogP) is 3.05. The lowest BCUT2D eigenvalue weighted by Crippen LogP contribution is -2.31. The van der Waals surface area contributed by atoms with Crippen molar-refractivity contribution in [1.82, 2.24) is 20.3 Å². The van der Waals surface area contributed by atoms with E-state index in [1.54, 1.807) is 0 Å². The highest BCUT2D eigenvalue weighted by Gasteiger charge is 2.12. The van der Waals surface area contributed by atoms with Crippen LogP contribution in [0.5, 0.6) is 5.75 Å². The number of hydrogen-bond acceptors (Lipinski definition) is 5. The molecular weight excluding hydrogens is 394 g/mol. The fourth-order valence-corrected chi connectivity index (χ4v) is 3.32. The van der Waals surface area contributed by atoms with E-state index in [4.69, 9.17) is 10.5 Å². The smallest absolute Gasteiger partial charge is 0.270 e. The van der Waals surface area contributed by atoms with E-state index in [1.165, 1.54) is 16.4 Å². The van der Waals surface area contributed by atoms with Gasteiger partial charge in [0.25, 0.3) is 11.8 Å². The van der Waals surface area contributed by atoms with Crippen molar-refractivity contribution in [2.24, 2.45) is 5.73 Å². The maximum Gasteiger partial charge on any atom is 0.270 e. The summed E-state index contributed by atoms with van der Waals surface area (Å²) in [5, 5.41) is 10.5. The average molecular weight is 422 g/mol. The Morgan fingerprint density at radius 2 is 1.84 bits per heavy atom. The molecule has 31 heavy (non-hydrogen) atoms. The lowest BCUT2D eigenvalue weighted by atomic mass is 9.98. The molecule has 2 aromatic carbocycles. The number of aryl methyl sites for hydroxylation is 1. The van der Waals surface area contributed by atoms with Crippen LogP contribution in [0.4, 0.5) is 0 Å². The van der Waals surface area contributed by atoms with Crippen LogP contribution in [0.2, 0.25) is 0 Å². The molecule has 162 valence electrons. The van der Waals surface area contributed by atoms with Gasteiger partial charge in [0.1, 0.15) is 5.75 Å². The van der Waals surface area contributed by atoms with Crippen molar-refractivity contribution in [1.29, 1.82) is 0 Å². The molecule has 3 N–H and O–H groups in total. The number of amides is 2. The van der Waals surface area contributed by atoms with Crippen molar-refractivity contribution in [2.45, 2.75) is 39.7 Å². The second kappa shape index (κ2) is 9.42. The molecule has 8 nitrogen and oxygen atoms in total. The number of ether oxygens (including phenoxy) is 1. The Morgan fingerprint density at radius 3 is 2.42 bits per heavy atom. The van der Waals surface area contributed by atoms with Gasteiger partial charge in [0, 0.05) is 0 Å². The number of nitrogens with zero attached hydrogens (tertiary/aromatic N) is 3. The minimum absolute atomic E-state index is 0.0578. The lowest BCUT2D eigenvalue weighted by molar-refractivity contribution is -0.123. The van der Waals surface area contributed by atoms with Gasteiger partial charge in [-0.15, -0.1) is 5.10 Å². The van der Waals surface area contributed by atoms with Crippen LogP contribution in [0, 0.1) is 6.92 Å². The number of nitrogens with two attached hydrogens (primary N) is 1. The first-order valence-electron chi connectivity index (χ1n) is 10.1. The number of primary amides is 1. The first kappa shape index (κ1) is 22.0. The molecule has 2 amide bonds. The number of benzene rings is 2. The molecule has 1 aromatic heterocycles. The molecule has 0 aliphatic heterocycles. The topological polar surface area (TPSA) is 112 Å². The van der Waals surface area contributed by atoms with E-state index in [9.17, 15) is 9.59 Å². The van der Waals surface area contributed by atoms with Crippen molar-refractivity contribution in [3.05, 3.63) is 71.0 Å². The van der Waals surface area contributed by atoms with E-state index >= 15 is 0 Å². The summed E-state index contributed by atoms with van der Waals surface area (Å²) in [6.45, 7) is 8.18. The number of hydrogen-bond donors (Lipinski definition) is 2. The Bertz CT molecular complexity index is 1070. The Hall–Kier alpha value is -3.68. The van der Waals surface area contributed by atoms with Crippen LogP contribution in [0.15, 0.2) is 48.7 Å². The van der Waals surface area contributed by atoms with Crippen LogP contribution in [-0.4, -0.2) is 33.4 Å². The van der Waals surface area contributed by atoms with Gasteiger partial charge < -0.3 is 15.8 Å². The fraction of sp³-hybridized carbons (Fsp3) is 0.304. The molecule has 3 aromatic rings. The van der Waals surface area contributed by atoms with E-state index in [0.29, 0.717) is 11.7 Å². The molecule has 3 rings (SSSR count). The molecule has 0 fully saturated rings. The van der Waals surface area contributed by atoms with Gasteiger partial charge in [-0.05, 0) is 60.7 Å². The van der Waals surface area contributed by atoms with E-state index in [2.05, 4.69) is 29.5 Å². The Morgan fingerprint density at radius 1 is 1.13 bits per heavy atom. The number of aromatic nitrogens is 3. The summed E-state index contributed by atoms with van der Waals surface area (Å²) in [5.41, 5.74) is 9.36. The van der Waals surface area contributed by atoms with Crippen LogP contribution >= 0.6 is 0 Å². The summed E-state index contributed by atoms with van der Waals surface area (Å²) < 4.78 is 7.12. The second-order valence-corrected chi connectivity index (χ2v) is 7.76. The maximum atomic E-state index is 12.3. The minimum Gasteiger partial charge on any atom is -0.484 e. The summed E-state index contributed by atoms with van der Waals surface area (Å²) in [5.74, 6) is 0.286. The van der Waals surface area contributed by atoms with Gasteiger partial charge >= 0.3 is 0 Å². The molecule has 0 bridgehead atoms. The van der Waals surface area contributed by atoms with Crippen molar-refractivity contribution >= 4 is 11.8 Å². The van der Waals surface area contributed by atoms with Crippen LogP contribution in [-0.2, 0) is 4.79 Å². The van der Waals surface area contributed by atoms with Crippen LogP contribution < -0.4 is 15.8 Å². The SMILES string of the molecule is Cc1cc(OCC(=O)N[C@H](C)c2ccc(-n3cc(C(N)=O)nn3)cc2)ccc1C(C)C. The fourth-order valence-electron chi connectivity index (χ4n) is 3.32. The molecule has 0 saturated carbocycles. The first-order chi connectivity index (χ1) is 14.7. The molecule has 0 saturated heterocycles. The van der Waals surface area contributed by atoms with Gasteiger partial charge in [-0.2, -0.15) is 0 Å². The molecule has 0 aliphatic rings. The molecular formula is C23H27N5O3. The van der Waals surface area contributed by atoms with Crippen molar-refractivity contribution in [2.75, 3.05) is 6.61 Å². The van der Waals surface area contributed by atoms with E-state index in [1.807, 2.05) is 56.3 Å². The highest BCUT2D eigenvalue weighted by molar-refractivity contribution is 5.90. The lowest BCUT2D eigenvalue weighted by Gasteiger charge is -2.16. The van der Waals surface area contributed by atoms with Gasteiger partial charge in [-0.25, -0.2) is 4.68 Å². The summed E-state index contributed by atoms with van der Waals surface area (Å²) >= 11 is 0. The molecule has 1 heterocycles. The minimum atomic E-state index is -0.632. The zero-order valence-corrected chi connectivity index (χ0v) is 18.1. The van der Waals surface area contributed by atoms with E-state index in [0.717, 1.165) is 16.8 Å². The number of nitrogens with one attached hydrogen (secondary N) is 1. The van der Waals surface area contributed by atoms with Crippen LogP contribution in [0.25, 0.3) is 5.69 Å². The summed E-state index contributed by atoms with van der Waals surface area (Å²) in [4.78, 5) is 23.5. The highest BCUT2D eigenvalue weighted by Crippen LogP contribution is 2.23. The second-order valence-electron chi connectivity index (χ2n) is 7.76. The van der Waals surface area contributed by atoms with E-state index < -0.39 is 5.91 Å². The molecule has 0 spiro atoms. The summed E-state index contributed by atoms with van der Waals surface area (Å²) in [6, 6.07) is 13.1. The quantitative estimate of drug-likeness (QED) is 0.580. The monoisotopic (exact) mass is 421 g/mol. The normalized spacial score (nSPS) is 11.9. The zero-order valence-electron chi connectivity index (χ0n) is 18.1. The van der Waals surface area contributed by atoms with E-state index in [-0.39, 0.29) is 24.2 Å². The third-order valence-corrected chi connectivity index (χ3v) is 5.01. The number of carbonyl (C=O) groups excluding carboxylic acids is 2. The molecule has 8 heteroatoms. The number of carbonyl (C=O) groups is 2. The average Bonchev–Trinajstić information content (AvgIpc) is 3.23.